The fourth-order valence-electron chi connectivity index (χ4n) is 7.47. The van der Waals surface area contributed by atoms with Crippen LogP contribution in [-0.4, -0.2) is 67.0 Å². The lowest BCUT2D eigenvalue weighted by Crippen LogP contribution is -2.74. The summed E-state index contributed by atoms with van der Waals surface area (Å²) in [5.74, 6) is -2.06. The van der Waals surface area contributed by atoms with Gasteiger partial charge < -0.3 is 23.8 Å². The van der Waals surface area contributed by atoms with Crippen molar-refractivity contribution in [3.63, 3.8) is 0 Å². The zero-order valence-corrected chi connectivity index (χ0v) is 26.0. The minimum absolute atomic E-state index is 0.0262. The monoisotopic (exact) mass is 630 g/mol. The van der Waals surface area contributed by atoms with Crippen LogP contribution in [0.3, 0.4) is 0 Å². The molecule has 4 aromatic rings. The number of amides is 1. The summed E-state index contributed by atoms with van der Waals surface area (Å²) in [7, 11) is -2.95. The molecule has 3 aromatic carbocycles. The van der Waals surface area contributed by atoms with Gasteiger partial charge in [-0.3, -0.25) is 4.79 Å². The van der Waals surface area contributed by atoms with Crippen molar-refractivity contribution >= 4 is 33.0 Å². The molecule has 0 spiro atoms. The van der Waals surface area contributed by atoms with Crippen LogP contribution in [0.15, 0.2) is 95.9 Å². The summed E-state index contributed by atoms with van der Waals surface area (Å²) in [6.45, 7) is 3.85. The largest absolute Gasteiger partial charge is 0.468 e. The number of esters is 1. The molecule has 4 fully saturated rings. The third-order valence-electron chi connectivity index (χ3n) is 9.19. The average Bonchev–Trinajstić information content (AvgIpc) is 3.62. The number of rotatable bonds is 6. The van der Waals surface area contributed by atoms with Gasteiger partial charge in [0.15, 0.2) is 5.79 Å². The Morgan fingerprint density at radius 3 is 2.27 bits per heavy atom. The highest BCUT2D eigenvalue weighted by atomic mass is 32.2. The number of carbonyl (C=O) groups is 2. The lowest BCUT2D eigenvalue weighted by Gasteiger charge is -2.57. The molecule has 0 N–H and O–H groups in total. The predicted molar refractivity (Wildman–Crippen MR) is 164 cm³/mol. The fourth-order valence-corrected chi connectivity index (χ4v) is 9.08. The molecule has 3 saturated heterocycles. The van der Waals surface area contributed by atoms with E-state index in [2.05, 4.69) is 0 Å². The minimum Gasteiger partial charge on any atom is -0.468 e. The number of piperidine rings is 2. The second-order valence-corrected chi connectivity index (χ2v) is 14.1. The van der Waals surface area contributed by atoms with Gasteiger partial charge in [-0.15, -0.1) is 0 Å². The Morgan fingerprint density at radius 2 is 1.56 bits per heavy atom. The second-order valence-electron chi connectivity index (χ2n) is 12.3. The molecule has 11 heteroatoms. The highest BCUT2D eigenvalue weighted by Gasteiger charge is 2.70. The topological polar surface area (TPSA) is 113 Å². The van der Waals surface area contributed by atoms with Crippen molar-refractivity contribution in [2.24, 2.45) is 5.92 Å². The molecule has 5 atom stereocenters. The molecule has 1 aromatic heterocycles. The van der Waals surface area contributed by atoms with Crippen LogP contribution in [-0.2, 0) is 45.8 Å². The maximum absolute atomic E-state index is 14.5. The standard InChI is InChI=1S/C34H34N2O8S/c1-33(2)43-28-24-19-34(31(37)41-3,30(29(28)44-33)35(20-24)32(38)42-21-22-12-6-4-7-13-22)27-18-23-14-10-11-17-26(23)36(27)45(39,40)25-15-8-5-9-16-25/h4-18,24,28-30H,19-21H2,1-3H3/t24?,28?,29?,30?,34-/m0/s1. The predicted octanol–water partition coefficient (Wildman–Crippen LogP) is 4.85. The summed E-state index contributed by atoms with van der Waals surface area (Å²) >= 11 is 0. The van der Waals surface area contributed by atoms with E-state index in [0.717, 1.165) is 5.56 Å². The molecule has 1 amide bonds. The molecule has 8 rings (SSSR count). The number of fused-ring (bicyclic) bond motifs is 3. The lowest BCUT2D eigenvalue weighted by molar-refractivity contribution is -0.171. The van der Waals surface area contributed by atoms with Gasteiger partial charge in [-0.2, -0.15) is 0 Å². The van der Waals surface area contributed by atoms with Crippen molar-refractivity contribution in [1.82, 2.24) is 8.87 Å². The Kier molecular flexibility index (Phi) is 7.03. The molecule has 234 valence electrons. The molecule has 45 heavy (non-hydrogen) atoms. The maximum atomic E-state index is 14.5. The molecule has 4 aliphatic rings. The average molecular weight is 631 g/mol. The molecule has 0 radical (unpaired) electrons. The van der Waals surface area contributed by atoms with Crippen LogP contribution in [0.4, 0.5) is 4.79 Å². The summed E-state index contributed by atoms with van der Waals surface area (Å²) in [5.41, 5.74) is -0.239. The van der Waals surface area contributed by atoms with E-state index in [1.807, 2.05) is 36.4 Å². The highest BCUT2D eigenvalue weighted by molar-refractivity contribution is 7.90. The Morgan fingerprint density at radius 1 is 0.911 bits per heavy atom. The Bertz CT molecular complexity index is 1870. The SMILES string of the molecule is COC(=O)[C@]1(c2cc3ccccc3n2S(=O)(=O)c2ccccc2)CC2CN(C(=O)OCc3ccccc3)C1C1OC(C)(C)OC21. The van der Waals surface area contributed by atoms with E-state index in [1.54, 1.807) is 56.3 Å². The maximum Gasteiger partial charge on any atom is 0.410 e. The quantitative estimate of drug-likeness (QED) is 0.278. The number of nitrogens with zero attached hydrogens (tertiary/aromatic N) is 2. The van der Waals surface area contributed by atoms with Crippen molar-refractivity contribution in [3.05, 3.63) is 102 Å². The Labute approximate surface area is 261 Å². The number of ether oxygens (including phenoxy) is 4. The number of methoxy groups -OCH3 is 1. The third kappa shape index (κ3) is 4.63. The minimum atomic E-state index is -4.23. The van der Waals surface area contributed by atoms with Crippen LogP contribution in [0.1, 0.15) is 31.5 Å². The molecule has 2 bridgehead atoms. The van der Waals surface area contributed by atoms with Gasteiger partial charge >= 0.3 is 12.1 Å². The smallest absolute Gasteiger partial charge is 0.410 e. The van der Waals surface area contributed by atoms with E-state index in [-0.39, 0.29) is 30.2 Å². The molecule has 3 aliphatic heterocycles. The Balaban J connectivity index is 1.43. The van der Waals surface area contributed by atoms with Gasteiger partial charge in [0.05, 0.1) is 35.4 Å². The molecule has 1 aliphatic carbocycles. The Hall–Kier alpha value is -4.19. The van der Waals surface area contributed by atoms with E-state index in [9.17, 15) is 18.0 Å². The molecule has 1 saturated carbocycles. The molecular formula is C34H34N2O8S. The van der Waals surface area contributed by atoms with Crippen LogP contribution in [0.2, 0.25) is 0 Å². The number of para-hydroxylation sites is 1. The zero-order chi connectivity index (χ0) is 31.6. The van der Waals surface area contributed by atoms with Gasteiger partial charge in [0, 0.05) is 17.8 Å². The van der Waals surface area contributed by atoms with Gasteiger partial charge in [-0.05, 0) is 50.1 Å². The normalized spacial score (nSPS) is 26.9. The van der Waals surface area contributed by atoms with Crippen LogP contribution < -0.4 is 0 Å². The molecule has 10 nitrogen and oxygen atoms in total. The van der Waals surface area contributed by atoms with E-state index in [1.165, 1.54) is 28.1 Å². The third-order valence-corrected chi connectivity index (χ3v) is 10.9. The fraction of sp³-hybridized carbons (Fsp3) is 0.353. The van der Waals surface area contributed by atoms with Crippen molar-refractivity contribution in [1.29, 1.82) is 0 Å². The number of carbonyl (C=O) groups excluding carboxylic acids is 2. The van der Waals surface area contributed by atoms with Gasteiger partial charge in [0.1, 0.15) is 18.1 Å². The first-order valence-corrected chi connectivity index (χ1v) is 16.3. The number of hydrogen-bond acceptors (Lipinski definition) is 8. The van der Waals surface area contributed by atoms with Crippen LogP contribution in [0.5, 0.6) is 0 Å². The van der Waals surface area contributed by atoms with Crippen LogP contribution >= 0.6 is 0 Å². The van der Waals surface area contributed by atoms with E-state index < -0.39 is 57.5 Å². The van der Waals surface area contributed by atoms with Crippen LogP contribution in [0, 0.1) is 5.92 Å². The lowest BCUT2D eigenvalue weighted by atomic mass is 9.58. The molecule has 4 unspecified atom stereocenters. The van der Waals surface area contributed by atoms with Gasteiger partial charge in [-0.25, -0.2) is 17.2 Å². The molecular weight excluding hydrogens is 596 g/mol. The van der Waals surface area contributed by atoms with E-state index >= 15 is 0 Å². The summed E-state index contributed by atoms with van der Waals surface area (Å²) in [6, 6.07) is 25.2. The second kappa shape index (κ2) is 10.7. The number of benzene rings is 3. The number of aromatic nitrogens is 1. The van der Waals surface area contributed by atoms with Crippen molar-refractivity contribution < 1.29 is 37.0 Å². The van der Waals surface area contributed by atoms with Crippen molar-refractivity contribution in [2.75, 3.05) is 13.7 Å². The first-order valence-electron chi connectivity index (χ1n) is 14.9. The van der Waals surface area contributed by atoms with Gasteiger partial charge in [0.25, 0.3) is 10.0 Å². The summed E-state index contributed by atoms with van der Waals surface area (Å²) in [4.78, 5) is 29.9. The highest BCUT2D eigenvalue weighted by Crippen LogP contribution is 2.56. The molecule has 4 heterocycles. The van der Waals surface area contributed by atoms with E-state index in [4.69, 9.17) is 18.9 Å². The van der Waals surface area contributed by atoms with Gasteiger partial charge in [-0.1, -0.05) is 66.7 Å². The first-order chi connectivity index (χ1) is 21.6. The van der Waals surface area contributed by atoms with Crippen molar-refractivity contribution in [2.45, 2.75) is 61.2 Å². The summed E-state index contributed by atoms with van der Waals surface area (Å²) in [5, 5.41) is 0.621. The summed E-state index contributed by atoms with van der Waals surface area (Å²) in [6.07, 6.45) is -1.65. The first kappa shape index (κ1) is 29.5. The summed E-state index contributed by atoms with van der Waals surface area (Å²) < 4.78 is 54.3. The number of hydrogen-bond donors (Lipinski definition) is 0. The zero-order valence-electron chi connectivity index (χ0n) is 25.2. The van der Waals surface area contributed by atoms with E-state index in [0.29, 0.717) is 10.9 Å². The van der Waals surface area contributed by atoms with Crippen molar-refractivity contribution in [3.8, 4) is 0 Å². The van der Waals surface area contributed by atoms with Gasteiger partial charge in [0.2, 0.25) is 0 Å². The van der Waals surface area contributed by atoms with Crippen LogP contribution in [0.25, 0.3) is 10.9 Å².